The summed E-state index contributed by atoms with van der Waals surface area (Å²) in [5, 5.41) is 3.73. The first-order chi connectivity index (χ1) is 16.0. The number of nitrogens with one attached hydrogen (secondary N) is 2. The summed E-state index contributed by atoms with van der Waals surface area (Å²) in [6, 6.07) is 12.7. The molecular weight excluding hydrogens is 428 g/mol. The van der Waals surface area contributed by atoms with Crippen LogP contribution in [0, 0.1) is 18.6 Å². The standard InChI is InChI=1S/C24H21F2N5O2/c1-14-17-11-15(25)5-7-18(17)29-23(14)24(32)31-9-10-33-20(13-31)19-3-2-4-22(28-19)30-21-8-6-16(26)12-27-21/h2-8,11-12,20,29H,9-10,13H2,1H3,(H,27,28,30)/t20-/m1/s1. The smallest absolute Gasteiger partial charge is 0.270 e. The van der Waals surface area contributed by atoms with E-state index in [-0.39, 0.29) is 11.7 Å². The molecule has 1 saturated heterocycles. The van der Waals surface area contributed by atoms with Crippen LogP contribution in [0.25, 0.3) is 10.9 Å². The minimum absolute atomic E-state index is 0.165. The number of nitrogens with zero attached hydrogens (tertiary/aromatic N) is 3. The van der Waals surface area contributed by atoms with E-state index in [2.05, 4.69) is 20.3 Å². The average molecular weight is 449 g/mol. The van der Waals surface area contributed by atoms with Crippen molar-refractivity contribution in [1.29, 1.82) is 0 Å². The van der Waals surface area contributed by atoms with Crippen LogP contribution in [0.15, 0.2) is 54.7 Å². The topological polar surface area (TPSA) is 83.1 Å². The third kappa shape index (κ3) is 4.27. The Morgan fingerprint density at radius 1 is 1.15 bits per heavy atom. The molecule has 4 heterocycles. The Kier molecular flexibility index (Phi) is 5.47. The molecule has 1 amide bonds. The summed E-state index contributed by atoms with van der Waals surface area (Å²) in [5.41, 5.74) is 2.54. The summed E-state index contributed by atoms with van der Waals surface area (Å²) in [6.45, 7) is 2.94. The highest BCUT2D eigenvalue weighted by molar-refractivity contribution is 6.01. The maximum Gasteiger partial charge on any atom is 0.270 e. The predicted molar refractivity (Wildman–Crippen MR) is 119 cm³/mol. The fraction of sp³-hybridized carbons (Fsp3) is 0.208. The number of fused-ring (bicyclic) bond motifs is 1. The number of aryl methyl sites for hydroxylation is 1. The number of amides is 1. The highest BCUT2D eigenvalue weighted by Gasteiger charge is 2.29. The van der Waals surface area contributed by atoms with Gasteiger partial charge < -0.3 is 19.9 Å². The van der Waals surface area contributed by atoms with Crippen molar-refractivity contribution < 1.29 is 18.3 Å². The third-order valence-corrected chi connectivity index (χ3v) is 5.67. The number of halogens is 2. The predicted octanol–water partition coefficient (Wildman–Crippen LogP) is 4.50. The van der Waals surface area contributed by atoms with E-state index in [0.29, 0.717) is 53.7 Å². The van der Waals surface area contributed by atoms with Crippen molar-refractivity contribution in [2.24, 2.45) is 0 Å². The van der Waals surface area contributed by atoms with Crippen molar-refractivity contribution in [3.8, 4) is 0 Å². The number of hydrogen-bond acceptors (Lipinski definition) is 5. The van der Waals surface area contributed by atoms with Crippen molar-refractivity contribution in [3.63, 3.8) is 0 Å². The zero-order valence-electron chi connectivity index (χ0n) is 17.8. The molecular formula is C24H21F2N5O2. The highest BCUT2D eigenvalue weighted by Crippen LogP contribution is 2.27. The zero-order chi connectivity index (χ0) is 22.9. The van der Waals surface area contributed by atoms with Gasteiger partial charge in [0.15, 0.2) is 0 Å². The summed E-state index contributed by atoms with van der Waals surface area (Å²) >= 11 is 0. The van der Waals surface area contributed by atoms with Gasteiger partial charge in [0.2, 0.25) is 0 Å². The number of hydrogen-bond donors (Lipinski definition) is 2. The number of morpholine rings is 1. The number of H-pyrrole nitrogens is 1. The first-order valence-corrected chi connectivity index (χ1v) is 10.5. The van der Waals surface area contributed by atoms with E-state index in [9.17, 15) is 13.6 Å². The molecule has 7 nitrogen and oxygen atoms in total. The molecule has 1 atom stereocenters. The molecule has 0 bridgehead atoms. The normalized spacial score (nSPS) is 16.2. The first kappa shape index (κ1) is 21.0. The SMILES string of the molecule is Cc1c(C(=O)N2CCO[C@@H](c3cccc(Nc4ccc(F)cn4)n3)C2)[nH]c2ccc(F)cc12. The van der Waals surface area contributed by atoms with Crippen molar-refractivity contribution >= 4 is 28.4 Å². The van der Waals surface area contributed by atoms with Crippen LogP contribution < -0.4 is 5.32 Å². The molecule has 0 saturated carbocycles. The lowest BCUT2D eigenvalue weighted by Gasteiger charge is -2.32. The quantitative estimate of drug-likeness (QED) is 0.479. The molecule has 5 rings (SSSR count). The number of ether oxygens (including phenoxy) is 1. The largest absolute Gasteiger partial charge is 0.368 e. The molecule has 1 aliphatic heterocycles. The Hall–Kier alpha value is -3.85. The number of carbonyl (C=O) groups excluding carboxylic acids is 1. The molecule has 3 aromatic heterocycles. The lowest BCUT2D eigenvalue weighted by molar-refractivity contribution is -0.0248. The van der Waals surface area contributed by atoms with Gasteiger partial charge in [-0.1, -0.05) is 6.07 Å². The number of aromatic amines is 1. The fourth-order valence-corrected chi connectivity index (χ4v) is 3.96. The Morgan fingerprint density at radius 3 is 2.82 bits per heavy atom. The molecule has 33 heavy (non-hydrogen) atoms. The van der Waals surface area contributed by atoms with Crippen LogP contribution in [0.5, 0.6) is 0 Å². The van der Waals surface area contributed by atoms with Crippen LogP contribution in [0.2, 0.25) is 0 Å². The monoisotopic (exact) mass is 449 g/mol. The summed E-state index contributed by atoms with van der Waals surface area (Å²) < 4.78 is 32.6. The van der Waals surface area contributed by atoms with E-state index in [1.807, 2.05) is 19.1 Å². The van der Waals surface area contributed by atoms with Crippen LogP contribution in [0.4, 0.5) is 20.4 Å². The van der Waals surface area contributed by atoms with Crippen LogP contribution in [-0.2, 0) is 4.74 Å². The molecule has 0 radical (unpaired) electrons. The number of benzene rings is 1. The Morgan fingerprint density at radius 2 is 2.00 bits per heavy atom. The third-order valence-electron chi connectivity index (χ3n) is 5.67. The Labute approximate surface area is 188 Å². The van der Waals surface area contributed by atoms with Gasteiger partial charge in [0.1, 0.15) is 35.1 Å². The van der Waals surface area contributed by atoms with Crippen molar-refractivity contribution in [2.75, 3.05) is 25.0 Å². The van der Waals surface area contributed by atoms with E-state index < -0.39 is 11.9 Å². The second-order valence-electron chi connectivity index (χ2n) is 7.86. The first-order valence-electron chi connectivity index (χ1n) is 10.5. The van der Waals surface area contributed by atoms with Gasteiger partial charge in [-0.05, 0) is 55.0 Å². The van der Waals surface area contributed by atoms with E-state index in [1.165, 1.54) is 24.3 Å². The van der Waals surface area contributed by atoms with Gasteiger partial charge in [-0.25, -0.2) is 18.7 Å². The zero-order valence-corrected chi connectivity index (χ0v) is 17.8. The van der Waals surface area contributed by atoms with Gasteiger partial charge in [-0.15, -0.1) is 0 Å². The van der Waals surface area contributed by atoms with Gasteiger partial charge in [0.05, 0.1) is 25.0 Å². The van der Waals surface area contributed by atoms with Crippen LogP contribution in [0.3, 0.4) is 0 Å². The summed E-state index contributed by atoms with van der Waals surface area (Å²) in [4.78, 5) is 26.7. The lowest BCUT2D eigenvalue weighted by atomic mass is 10.1. The summed E-state index contributed by atoms with van der Waals surface area (Å²) in [6.07, 6.45) is 0.716. The molecule has 9 heteroatoms. The van der Waals surface area contributed by atoms with Crippen molar-refractivity contribution in [1.82, 2.24) is 19.9 Å². The van der Waals surface area contributed by atoms with Gasteiger partial charge in [0, 0.05) is 17.4 Å². The minimum atomic E-state index is -0.419. The molecule has 168 valence electrons. The van der Waals surface area contributed by atoms with Crippen LogP contribution >= 0.6 is 0 Å². The Bertz CT molecular complexity index is 1320. The maximum atomic E-state index is 13.7. The number of rotatable bonds is 4. The molecule has 0 spiro atoms. The second-order valence-corrected chi connectivity index (χ2v) is 7.86. The molecule has 1 aliphatic rings. The van der Waals surface area contributed by atoms with Crippen LogP contribution in [-0.4, -0.2) is 45.5 Å². The van der Waals surface area contributed by atoms with E-state index >= 15 is 0 Å². The molecule has 4 aromatic rings. The molecule has 0 unspecified atom stereocenters. The molecule has 0 aliphatic carbocycles. The molecule has 2 N–H and O–H groups in total. The number of aromatic nitrogens is 3. The lowest BCUT2D eigenvalue weighted by Crippen LogP contribution is -2.42. The van der Waals surface area contributed by atoms with Gasteiger partial charge in [-0.2, -0.15) is 0 Å². The minimum Gasteiger partial charge on any atom is -0.368 e. The maximum absolute atomic E-state index is 13.7. The average Bonchev–Trinajstić information content (AvgIpc) is 3.16. The van der Waals surface area contributed by atoms with Crippen LogP contribution in [0.1, 0.15) is 27.8 Å². The van der Waals surface area contributed by atoms with E-state index in [4.69, 9.17) is 4.74 Å². The van der Waals surface area contributed by atoms with E-state index in [0.717, 1.165) is 11.7 Å². The number of pyridine rings is 2. The van der Waals surface area contributed by atoms with Gasteiger partial charge in [-0.3, -0.25) is 4.79 Å². The second kappa shape index (κ2) is 8.59. The Balaban J connectivity index is 1.34. The fourth-order valence-electron chi connectivity index (χ4n) is 3.96. The van der Waals surface area contributed by atoms with Crippen molar-refractivity contribution in [2.45, 2.75) is 13.0 Å². The number of carbonyl (C=O) groups is 1. The van der Waals surface area contributed by atoms with Crippen molar-refractivity contribution in [3.05, 3.63) is 83.3 Å². The summed E-state index contributed by atoms with van der Waals surface area (Å²) in [7, 11) is 0. The number of anilines is 2. The molecule has 1 fully saturated rings. The summed E-state index contributed by atoms with van der Waals surface area (Å²) in [5.74, 6) is 0.0749. The van der Waals surface area contributed by atoms with E-state index in [1.54, 1.807) is 17.0 Å². The molecule has 1 aromatic carbocycles. The highest BCUT2D eigenvalue weighted by atomic mass is 19.1. The van der Waals surface area contributed by atoms with Gasteiger partial charge >= 0.3 is 0 Å². The van der Waals surface area contributed by atoms with Gasteiger partial charge in [0.25, 0.3) is 5.91 Å².